The van der Waals surface area contributed by atoms with Crippen LogP contribution in [0.25, 0.3) is 0 Å². The van der Waals surface area contributed by atoms with E-state index >= 15 is 0 Å². The Morgan fingerprint density at radius 2 is 1.96 bits per heavy atom. The van der Waals surface area contributed by atoms with Crippen LogP contribution in [0, 0.1) is 5.92 Å². The van der Waals surface area contributed by atoms with Crippen molar-refractivity contribution in [3.8, 4) is 11.8 Å². The van der Waals surface area contributed by atoms with E-state index in [1.165, 1.54) is 38.0 Å². The molecule has 2 aromatic rings. The van der Waals surface area contributed by atoms with Crippen LogP contribution < -0.4 is 10.1 Å². The Morgan fingerprint density at radius 1 is 1.13 bits per heavy atom. The molecule has 1 N–H and O–H groups in total. The molecule has 1 aromatic heterocycles. The van der Waals surface area contributed by atoms with Crippen LogP contribution in [-0.4, -0.2) is 40.5 Å². The summed E-state index contributed by atoms with van der Waals surface area (Å²) in [5, 5.41) is 3.73. The van der Waals surface area contributed by atoms with Gasteiger partial charge in [-0.1, -0.05) is 12.1 Å². The highest BCUT2D eigenvalue weighted by molar-refractivity contribution is 5.30. The van der Waals surface area contributed by atoms with E-state index in [1.54, 1.807) is 18.5 Å². The molecule has 0 spiro atoms. The van der Waals surface area contributed by atoms with E-state index in [2.05, 4.69) is 32.3 Å². The summed E-state index contributed by atoms with van der Waals surface area (Å²) in [6.45, 7) is 4.63. The molecule has 0 radical (unpaired) electrons. The van der Waals surface area contributed by atoms with Crippen LogP contribution in [0.1, 0.15) is 18.4 Å². The van der Waals surface area contributed by atoms with Crippen molar-refractivity contribution in [2.75, 3.05) is 19.6 Å². The van der Waals surface area contributed by atoms with Gasteiger partial charge in [0, 0.05) is 31.5 Å². The van der Waals surface area contributed by atoms with Gasteiger partial charge in [-0.05, 0) is 55.6 Å². The van der Waals surface area contributed by atoms with Crippen molar-refractivity contribution in [2.45, 2.75) is 25.4 Å². The Morgan fingerprint density at radius 3 is 2.70 bits per heavy atom. The topological polar surface area (TPSA) is 50.3 Å². The molecule has 3 fully saturated rings. The van der Waals surface area contributed by atoms with Crippen LogP contribution in [0.5, 0.6) is 11.8 Å². The van der Waals surface area contributed by atoms with E-state index in [-0.39, 0.29) is 0 Å². The average Bonchev–Trinajstić information content (AvgIpc) is 2.62. The van der Waals surface area contributed by atoms with E-state index in [4.69, 9.17) is 4.74 Å². The van der Waals surface area contributed by atoms with Gasteiger partial charge in [0.25, 0.3) is 0 Å². The molecule has 1 atom stereocenters. The van der Waals surface area contributed by atoms with Crippen molar-refractivity contribution in [2.24, 2.45) is 5.92 Å². The molecule has 5 heteroatoms. The third-order valence-corrected chi connectivity index (χ3v) is 4.87. The van der Waals surface area contributed by atoms with E-state index in [0.29, 0.717) is 12.1 Å². The predicted octanol–water partition coefficient (Wildman–Crippen LogP) is 2.45. The molecule has 2 bridgehead atoms. The molecule has 23 heavy (non-hydrogen) atoms. The zero-order valence-corrected chi connectivity index (χ0v) is 13.2. The monoisotopic (exact) mass is 310 g/mol. The van der Waals surface area contributed by atoms with Crippen LogP contribution >= 0.6 is 0 Å². The first kappa shape index (κ1) is 14.6. The van der Waals surface area contributed by atoms with Gasteiger partial charge in [-0.25, -0.2) is 9.97 Å². The van der Waals surface area contributed by atoms with Crippen molar-refractivity contribution in [3.05, 3.63) is 48.3 Å². The van der Waals surface area contributed by atoms with Crippen molar-refractivity contribution >= 4 is 0 Å². The van der Waals surface area contributed by atoms with Gasteiger partial charge in [-0.2, -0.15) is 0 Å². The molecule has 0 aliphatic carbocycles. The first-order valence-electron chi connectivity index (χ1n) is 8.36. The molecule has 4 heterocycles. The standard InChI is InChI=1S/C18H22N4O/c1-3-14(11-16(4-1)23-18-19-7-2-8-20-18)12-21-17-13-22-9-5-15(17)6-10-22/h1-4,7-8,11,15,17,21H,5-6,9-10,12-13H2. The maximum atomic E-state index is 5.70. The molecule has 5 nitrogen and oxygen atoms in total. The number of rotatable bonds is 5. The zero-order chi connectivity index (χ0) is 15.5. The Balaban J connectivity index is 1.37. The lowest BCUT2D eigenvalue weighted by Crippen LogP contribution is -2.55. The van der Waals surface area contributed by atoms with Crippen LogP contribution in [-0.2, 0) is 6.54 Å². The third-order valence-electron chi connectivity index (χ3n) is 4.87. The fourth-order valence-electron chi connectivity index (χ4n) is 3.61. The molecule has 1 unspecified atom stereocenters. The smallest absolute Gasteiger partial charge is 0.321 e. The Labute approximate surface area is 136 Å². The summed E-state index contributed by atoms with van der Waals surface area (Å²) in [5.41, 5.74) is 1.23. The normalized spacial score (nSPS) is 26.2. The summed E-state index contributed by atoms with van der Waals surface area (Å²) in [5.74, 6) is 1.63. The predicted molar refractivity (Wildman–Crippen MR) is 88.3 cm³/mol. The molecule has 0 saturated carbocycles. The minimum atomic E-state index is 0.384. The zero-order valence-electron chi connectivity index (χ0n) is 13.2. The quantitative estimate of drug-likeness (QED) is 0.919. The van der Waals surface area contributed by atoms with Crippen molar-refractivity contribution in [1.82, 2.24) is 20.2 Å². The second-order valence-electron chi connectivity index (χ2n) is 6.41. The molecule has 120 valence electrons. The molecule has 3 aliphatic heterocycles. The molecule has 5 rings (SSSR count). The maximum absolute atomic E-state index is 5.70. The summed E-state index contributed by atoms with van der Waals surface area (Å²) in [6, 6.07) is 10.9. The number of nitrogens with one attached hydrogen (secondary N) is 1. The van der Waals surface area contributed by atoms with E-state index < -0.39 is 0 Å². The second-order valence-corrected chi connectivity index (χ2v) is 6.41. The van der Waals surface area contributed by atoms with Crippen LogP contribution in [0.15, 0.2) is 42.7 Å². The lowest BCUT2D eigenvalue weighted by atomic mass is 9.84. The Hall–Kier alpha value is -1.98. The molecule has 3 saturated heterocycles. The Kier molecular flexibility index (Phi) is 4.22. The number of piperidine rings is 3. The van der Waals surface area contributed by atoms with Gasteiger partial charge in [0.15, 0.2) is 0 Å². The number of ether oxygens (including phenoxy) is 1. The van der Waals surface area contributed by atoms with E-state index in [1.807, 2.05) is 12.1 Å². The molecule has 3 aliphatic rings. The minimum absolute atomic E-state index is 0.384. The van der Waals surface area contributed by atoms with Gasteiger partial charge in [0.1, 0.15) is 5.75 Å². The average molecular weight is 310 g/mol. The molecule has 0 amide bonds. The van der Waals surface area contributed by atoms with Gasteiger partial charge in [-0.15, -0.1) is 0 Å². The molecular formula is C18H22N4O. The highest BCUT2D eigenvalue weighted by Gasteiger charge is 2.33. The van der Waals surface area contributed by atoms with Crippen LogP contribution in [0.3, 0.4) is 0 Å². The summed E-state index contributed by atoms with van der Waals surface area (Å²) in [4.78, 5) is 10.8. The summed E-state index contributed by atoms with van der Waals surface area (Å²) in [7, 11) is 0. The number of hydrogen-bond donors (Lipinski definition) is 1. The number of aromatic nitrogens is 2. The number of nitrogens with zero attached hydrogens (tertiary/aromatic N) is 3. The van der Waals surface area contributed by atoms with Crippen molar-refractivity contribution in [1.29, 1.82) is 0 Å². The van der Waals surface area contributed by atoms with E-state index in [9.17, 15) is 0 Å². The van der Waals surface area contributed by atoms with Crippen molar-refractivity contribution in [3.63, 3.8) is 0 Å². The highest BCUT2D eigenvalue weighted by atomic mass is 16.5. The number of fused-ring (bicyclic) bond motifs is 3. The maximum Gasteiger partial charge on any atom is 0.321 e. The summed E-state index contributed by atoms with van der Waals surface area (Å²) in [6.07, 6.45) is 6.04. The van der Waals surface area contributed by atoms with Crippen molar-refractivity contribution < 1.29 is 4.74 Å². The Bertz CT molecular complexity index is 640. The number of hydrogen-bond acceptors (Lipinski definition) is 5. The fourth-order valence-corrected chi connectivity index (χ4v) is 3.61. The second kappa shape index (κ2) is 6.64. The molecule has 1 aromatic carbocycles. The van der Waals surface area contributed by atoms with E-state index in [0.717, 1.165) is 18.2 Å². The lowest BCUT2D eigenvalue weighted by Gasteiger charge is -2.45. The third kappa shape index (κ3) is 3.51. The van der Waals surface area contributed by atoms with Gasteiger partial charge in [0.2, 0.25) is 0 Å². The van der Waals surface area contributed by atoms with Crippen LogP contribution in [0.2, 0.25) is 0 Å². The fraction of sp³-hybridized carbons (Fsp3) is 0.444. The van der Waals surface area contributed by atoms with Gasteiger partial charge in [-0.3, -0.25) is 0 Å². The van der Waals surface area contributed by atoms with Gasteiger partial charge < -0.3 is 15.0 Å². The largest absolute Gasteiger partial charge is 0.424 e. The lowest BCUT2D eigenvalue weighted by molar-refractivity contribution is 0.0720. The van der Waals surface area contributed by atoms with Gasteiger partial charge >= 0.3 is 6.01 Å². The van der Waals surface area contributed by atoms with Gasteiger partial charge in [0.05, 0.1) is 0 Å². The summed E-state index contributed by atoms with van der Waals surface area (Å²) >= 11 is 0. The van der Waals surface area contributed by atoms with Crippen LogP contribution in [0.4, 0.5) is 0 Å². The first-order chi connectivity index (χ1) is 11.4. The SMILES string of the molecule is c1cnc(Oc2cccc(CNC3CN4CCC3CC4)c2)nc1. The first-order valence-corrected chi connectivity index (χ1v) is 8.36. The summed E-state index contributed by atoms with van der Waals surface area (Å²) < 4.78 is 5.70. The number of benzene rings is 1. The highest BCUT2D eigenvalue weighted by Crippen LogP contribution is 2.28. The minimum Gasteiger partial charge on any atom is -0.424 e. The molecular weight excluding hydrogens is 288 g/mol.